The van der Waals surface area contributed by atoms with E-state index in [1.807, 2.05) is 0 Å². The lowest BCUT2D eigenvalue weighted by Gasteiger charge is -2.40. The van der Waals surface area contributed by atoms with Crippen molar-refractivity contribution in [1.29, 1.82) is 0 Å². The summed E-state index contributed by atoms with van der Waals surface area (Å²) in [6.45, 7) is 7.47. The Morgan fingerprint density at radius 1 is 1.14 bits per heavy atom. The predicted octanol–water partition coefficient (Wildman–Crippen LogP) is 1.96. The number of carbonyl (C=O) groups is 1. The van der Waals surface area contributed by atoms with Gasteiger partial charge in [0.25, 0.3) is 0 Å². The summed E-state index contributed by atoms with van der Waals surface area (Å²) in [6, 6.07) is 0. The van der Waals surface area contributed by atoms with Crippen LogP contribution in [0.25, 0.3) is 0 Å². The summed E-state index contributed by atoms with van der Waals surface area (Å²) in [4.78, 5) is 8.56. The van der Waals surface area contributed by atoms with Gasteiger partial charge in [-0.2, -0.15) is 0 Å². The third-order valence-corrected chi connectivity index (χ3v) is 2.42. The summed E-state index contributed by atoms with van der Waals surface area (Å²) in [5, 5.41) is 13.9. The molecular weight excluding hydrogens is 182 g/mol. The molecule has 0 aromatic rings. The molecule has 1 aliphatic rings. The minimum atomic E-state index is -1.83. The van der Waals surface area contributed by atoms with Crippen molar-refractivity contribution >= 4 is 6.16 Å². The van der Waals surface area contributed by atoms with Crippen molar-refractivity contribution < 1.29 is 19.5 Å². The first-order valence-electron chi connectivity index (χ1n) is 4.97. The molecule has 84 valence electrons. The Bertz CT molecular complexity index is 176. The summed E-state index contributed by atoms with van der Waals surface area (Å²) in [5.41, 5.74) is 0. The molecule has 4 nitrogen and oxygen atoms in total. The Morgan fingerprint density at radius 3 is 1.64 bits per heavy atom. The summed E-state index contributed by atoms with van der Waals surface area (Å²) in [7, 11) is 4.68. The smallest absolute Gasteiger partial charge is 0.450 e. The molecule has 0 amide bonds. The molecule has 0 radical (unpaired) electrons. The van der Waals surface area contributed by atoms with Crippen molar-refractivity contribution in [3.05, 3.63) is 0 Å². The van der Waals surface area contributed by atoms with E-state index < -0.39 is 6.16 Å². The molecule has 0 saturated carbocycles. The zero-order valence-corrected chi connectivity index (χ0v) is 9.53. The van der Waals surface area contributed by atoms with Gasteiger partial charge in [-0.1, -0.05) is 13.8 Å². The molecule has 0 aliphatic carbocycles. The average molecular weight is 204 g/mol. The van der Waals surface area contributed by atoms with Crippen LogP contribution in [-0.2, 0) is 0 Å². The van der Waals surface area contributed by atoms with Crippen LogP contribution in [0.4, 0.5) is 4.79 Å². The molecule has 1 heterocycles. The molecule has 1 rings (SSSR count). The van der Waals surface area contributed by atoms with Crippen molar-refractivity contribution in [1.82, 2.24) is 0 Å². The Hall–Kier alpha value is -0.770. The van der Waals surface area contributed by atoms with Crippen LogP contribution in [0, 0.1) is 11.8 Å². The van der Waals surface area contributed by atoms with Crippen LogP contribution in [0.2, 0.25) is 0 Å². The van der Waals surface area contributed by atoms with Gasteiger partial charge in [0.15, 0.2) is 0 Å². The molecule has 4 heteroatoms. The highest BCUT2D eigenvalue weighted by molar-refractivity contribution is 5.53. The number of likely N-dealkylation sites (tertiary alicyclic amines) is 1. The standard InChI is InChI=1S/C9H20N.CH2O3/c1-8-5-9(2)7-10(3,4)6-8;2-1(3)4/h8-9H,5-7H2,1-4H3;(H2,2,3,4)/q+1;. The van der Waals surface area contributed by atoms with Crippen LogP contribution in [0.5, 0.6) is 0 Å². The van der Waals surface area contributed by atoms with E-state index in [1.54, 1.807) is 0 Å². The van der Waals surface area contributed by atoms with Crippen LogP contribution >= 0.6 is 0 Å². The summed E-state index contributed by atoms with van der Waals surface area (Å²) in [6.07, 6.45) is -0.401. The van der Waals surface area contributed by atoms with E-state index in [0.29, 0.717) is 0 Å². The molecular formula is C10H22NO3+. The maximum Gasteiger partial charge on any atom is 0.503 e. The monoisotopic (exact) mass is 204 g/mol. The zero-order chi connectivity index (χ0) is 11.4. The van der Waals surface area contributed by atoms with E-state index in [2.05, 4.69) is 27.9 Å². The Labute approximate surface area is 85.7 Å². The van der Waals surface area contributed by atoms with Gasteiger partial charge in [-0.05, 0) is 6.42 Å². The fourth-order valence-corrected chi connectivity index (χ4v) is 2.60. The zero-order valence-electron chi connectivity index (χ0n) is 9.53. The van der Waals surface area contributed by atoms with Crippen LogP contribution in [0.3, 0.4) is 0 Å². The molecule has 1 saturated heterocycles. The lowest BCUT2D eigenvalue weighted by Crippen LogP contribution is -2.49. The molecule has 2 N–H and O–H groups in total. The van der Waals surface area contributed by atoms with Gasteiger partial charge in [-0.15, -0.1) is 0 Å². The van der Waals surface area contributed by atoms with Gasteiger partial charge >= 0.3 is 6.16 Å². The van der Waals surface area contributed by atoms with Crippen molar-refractivity contribution in [2.45, 2.75) is 20.3 Å². The normalized spacial score (nSPS) is 30.0. The van der Waals surface area contributed by atoms with Gasteiger partial charge in [0.2, 0.25) is 0 Å². The SMILES string of the molecule is CC1CC(C)C[N+](C)(C)C1.O=C(O)O. The number of hydrogen-bond donors (Lipinski definition) is 2. The Morgan fingerprint density at radius 2 is 1.43 bits per heavy atom. The third kappa shape index (κ3) is 6.71. The van der Waals surface area contributed by atoms with Gasteiger partial charge in [0.1, 0.15) is 0 Å². The molecule has 2 unspecified atom stereocenters. The van der Waals surface area contributed by atoms with Crippen LogP contribution in [0.1, 0.15) is 20.3 Å². The number of piperidine rings is 1. The van der Waals surface area contributed by atoms with Crippen LogP contribution < -0.4 is 0 Å². The summed E-state index contributed by atoms with van der Waals surface area (Å²) >= 11 is 0. The van der Waals surface area contributed by atoms with Crippen molar-refractivity contribution in [3.8, 4) is 0 Å². The fourth-order valence-electron chi connectivity index (χ4n) is 2.60. The van der Waals surface area contributed by atoms with Crippen molar-refractivity contribution in [2.75, 3.05) is 27.2 Å². The number of carboxylic acid groups (broad SMARTS) is 2. The predicted molar refractivity (Wildman–Crippen MR) is 55.4 cm³/mol. The van der Waals surface area contributed by atoms with Gasteiger partial charge < -0.3 is 14.7 Å². The second kappa shape index (κ2) is 5.20. The Balaban J connectivity index is 0.000000364. The molecule has 14 heavy (non-hydrogen) atoms. The summed E-state index contributed by atoms with van der Waals surface area (Å²) in [5.74, 6) is 1.86. The van der Waals surface area contributed by atoms with E-state index in [0.717, 1.165) is 11.8 Å². The van der Waals surface area contributed by atoms with Crippen LogP contribution in [-0.4, -0.2) is 48.0 Å². The lowest BCUT2D eigenvalue weighted by molar-refractivity contribution is -0.902. The van der Waals surface area contributed by atoms with Crippen molar-refractivity contribution in [3.63, 3.8) is 0 Å². The first kappa shape index (κ1) is 13.2. The number of nitrogens with zero attached hydrogens (tertiary/aromatic N) is 1. The van der Waals surface area contributed by atoms with E-state index >= 15 is 0 Å². The third-order valence-electron chi connectivity index (χ3n) is 2.42. The van der Waals surface area contributed by atoms with E-state index in [9.17, 15) is 0 Å². The minimum absolute atomic E-state index is 0.929. The van der Waals surface area contributed by atoms with Crippen LogP contribution in [0.15, 0.2) is 0 Å². The second-order valence-electron chi connectivity index (χ2n) is 5.03. The number of rotatable bonds is 0. The first-order valence-corrected chi connectivity index (χ1v) is 4.97. The van der Waals surface area contributed by atoms with Gasteiger partial charge in [-0.25, -0.2) is 4.79 Å². The van der Waals surface area contributed by atoms with E-state index in [4.69, 9.17) is 15.0 Å². The minimum Gasteiger partial charge on any atom is -0.450 e. The molecule has 0 aromatic heterocycles. The highest BCUT2D eigenvalue weighted by Gasteiger charge is 2.28. The fraction of sp³-hybridized carbons (Fsp3) is 0.900. The maximum atomic E-state index is 8.56. The van der Waals surface area contributed by atoms with E-state index in [1.165, 1.54) is 24.0 Å². The maximum absolute atomic E-state index is 8.56. The molecule has 1 aliphatic heterocycles. The number of quaternary nitrogens is 1. The topological polar surface area (TPSA) is 57.5 Å². The highest BCUT2D eigenvalue weighted by Crippen LogP contribution is 2.23. The molecule has 2 atom stereocenters. The molecule has 0 spiro atoms. The van der Waals surface area contributed by atoms with E-state index in [-0.39, 0.29) is 0 Å². The quantitative estimate of drug-likeness (QED) is 0.593. The molecule has 1 fully saturated rings. The second-order valence-corrected chi connectivity index (χ2v) is 5.03. The molecule has 0 aromatic carbocycles. The molecule has 0 bridgehead atoms. The highest BCUT2D eigenvalue weighted by atomic mass is 16.6. The van der Waals surface area contributed by atoms with Crippen molar-refractivity contribution in [2.24, 2.45) is 11.8 Å². The van der Waals surface area contributed by atoms with Gasteiger partial charge in [0.05, 0.1) is 27.2 Å². The summed E-state index contributed by atoms with van der Waals surface area (Å²) < 4.78 is 1.22. The lowest BCUT2D eigenvalue weighted by atomic mass is 9.91. The average Bonchev–Trinajstić information content (AvgIpc) is 1.76. The van der Waals surface area contributed by atoms with Gasteiger partial charge in [-0.3, -0.25) is 0 Å². The Kier molecular flexibility index (Phi) is 4.91. The number of hydrogen-bond acceptors (Lipinski definition) is 1. The largest absolute Gasteiger partial charge is 0.503 e. The first-order chi connectivity index (χ1) is 6.23. The van der Waals surface area contributed by atoms with Gasteiger partial charge in [0, 0.05) is 11.8 Å².